The Hall–Kier alpha value is -0.970. The monoisotopic (exact) mass is 380 g/mol. The standard InChI is InChI=1S/C14H28N4O4S2/c1-24-7-5-9(16)12(19)18-11(8-23)13(20)17-10(14(21)22)4-2-3-6-15/h9-11,23H,2-8,15-16H2,1H3,(H,17,20)(H,18,19)(H,21,22). The van der Waals surface area contributed by atoms with E-state index in [1.807, 2.05) is 6.26 Å². The van der Waals surface area contributed by atoms with Gasteiger partial charge in [0.15, 0.2) is 0 Å². The molecule has 0 aliphatic heterocycles. The summed E-state index contributed by atoms with van der Waals surface area (Å²) in [4.78, 5) is 35.4. The first-order valence-corrected chi connectivity index (χ1v) is 9.79. The molecule has 3 atom stereocenters. The van der Waals surface area contributed by atoms with Crippen molar-refractivity contribution in [3.05, 3.63) is 0 Å². The highest BCUT2D eigenvalue weighted by Crippen LogP contribution is 2.03. The van der Waals surface area contributed by atoms with E-state index >= 15 is 0 Å². The summed E-state index contributed by atoms with van der Waals surface area (Å²) in [6, 6.07) is -2.67. The number of thiol groups is 1. The third kappa shape index (κ3) is 9.36. The number of rotatable bonds is 13. The van der Waals surface area contributed by atoms with E-state index in [-0.39, 0.29) is 12.2 Å². The van der Waals surface area contributed by atoms with Crippen LogP contribution in [0.2, 0.25) is 0 Å². The molecule has 0 aromatic heterocycles. The van der Waals surface area contributed by atoms with Gasteiger partial charge < -0.3 is 27.2 Å². The predicted octanol–water partition coefficient (Wildman–Crippen LogP) is -0.820. The number of hydrogen-bond acceptors (Lipinski definition) is 7. The maximum Gasteiger partial charge on any atom is 0.326 e. The number of nitrogens with one attached hydrogen (secondary N) is 2. The van der Waals surface area contributed by atoms with Crippen LogP contribution >= 0.6 is 24.4 Å². The summed E-state index contributed by atoms with van der Waals surface area (Å²) in [5, 5.41) is 14.1. The zero-order valence-corrected chi connectivity index (χ0v) is 15.6. The Bertz CT molecular complexity index is 412. The van der Waals surface area contributed by atoms with E-state index in [4.69, 9.17) is 16.6 Å². The van der Waals surface area contributed by atoms with Gasteiger partial charge in [0, 0.05) is 5.75 Å². The number of aliphatic carboxylic acids is 1. The van der Waals surface area contributed by atoms with Crippen molar-refractivity contribution >= 4 is 42.2 Å². The molecule has 24 heavy (non-hydrogen) atoms. The number of hydrogen-bond donors (Lipinski definition) is 6. The number of thioether (sulfide) groups is 1. The van der Waals surface area contributed by atoms with Crippen LogP contribution in [-0.4, -0.2) is 65.3 Å². The summed E-state index contributed by atoms with van der Waals surface area (Å²) in [6.45, 7) is 0.462. The van der Waals surface area contributed by atoms with Crippen molar-refractivity contribution < 1.29 is 19.5 Å². The zero-order chi connectivity index (χ0) is 18.5. The molecule has 0 saturated carbocycles. The Kier molecular flexibility index (Phi) is 12.8. The molecule has 10 heteroatoms. The highest BCUT2D eigenvalue weighted by molar-refractivity contribution is 7.98. The van der Waals surface area contributed by atoms with Gasteiger partial charge in [0.1, 0.15) is 12.1 Å². The van der Waals surface area contributed by atoms with Crippen LogP contribution in [0.3, 0.4) is 0 Å². The average molecular weight is 381 g/mol. The van der Waals surface area contributed by atoms with E-state index in [1.54, 1.807) is 11.8 Å². The lowest BCUT2D eigenvalue weighted by molar-refractivity contribution is -0.142. The van der Waals surface area contributed by atoms with Gasteiger partial charge in [-0.2, -0.15) is 24.4 Å². The number of carbonyl (C=O) groups excluding carboxylic acids is 2. The second-order valence-corrected chi connectivity index (χ2v) is 6.67. The van der Waals surface area contributed by atoms with Crippen molar-refractivity contribution in [3.8, 4) is 0 Å². The van der Waals surface area contributed by atoms with Crippen LogP contribution < -0.4 is 22.1 Å². The summed E-state index contributed by atoms with van der Waals surface area (Å²) in [5.41, 5.74) is 11.1. The summed E-state index contributed by atoms with van der Waals surface area (Å²) in [7, 11) is 0. The highest BCUT2D eigenvalue weighted by Gasteiger charge is 2.26. The average Bonchev–Trinajstić information content (AvgIpc) is 2.55. The fourth-order valence-electron chi connectivity index (χ4n) is 1.87. The molecule has 0 spiro atoms. The van der Waals surface area contributed by atoms with E-state index in [0.29, 0.717) is 25.8 Å². The van der Waals surface area contributed by atoms with Crippen molar-refractivity contribution in [1.29, 1.82) is 0 Å². The molecule has 0 aromatic carbocycles. The van der Waals surface area contributed by atoms with E-state index in [9.17, 15) is 14.4 Å². The Morgan fingerprint density at radius 3 is 2.25 bits per heavy atom. The number of carboxylic acids is 1. The lowest BCUT2D eigenvalue weighted by atomic mass is 10.1. The van der Waals surface area contributed by atoms with Gasteiger partial charge in [0.05, 0.1) is 6.04 Å². The fourth-order valence-corrected chi connectivity index (χ4v) is 2.62. The second kappa shape index (κ2) is 13.3. The van der Waals surface area contributed by atoms with Gasteiger partial charge in [0.25, 0.3) is 0 Å². The van der Waals surface area contributed by atoms with Crippen LogP contribution in [0.1, 0.15) is 25.7 Å². The molecular formula is C14H28N4O4S2. The summed E-state index contributed by atoms with van der Waals surface area (Å²) in [6.07, 6.45) is 3.94. The Labute approximate surface area is 152 Å². The lowest BCUT2D eigenvalue weighted by Crippen LogP contribution is -2.55. The van der Waals surface area contributed by atoms with Crippen LogP contribution in [0.15, 0.2) is 0 Å². The van der Waals surface area contributed by atoms with Gasteiger partial charge in [-0.25, -0.2) is 4.79 Å². The molecule has 0 bridgehead atoms. The molecule has 7 N–H and O–H groups in total. The normalized spacial score (nSPS) is 14.5. The summed E-state index contributed by atoms with van der Waals surface area (Å²) >= 11 is 5.61. The minimum Gasteiger partial charge on any atom is -0.480 e. The minimum atomic E-state index is -1.12. The summed E-state index contributed by atoms with van der Waals surface area (Å²) < 4.78 is 0. The Morgan fingerprint density at radius 2 is 1.75 bits per heavy atom. The quantitative estimate of drug-likeness (QED) is 0.181. The van der Waals surface area contributed by atoms with Gasteiger partial charge in [-0.1, -0.05) is 0 Å². The largest absolute Gasteiger partial charge is 0.480 e. The number of carboxylic acid groups (broad SMARTS) is 1. The van der Waals surface area contributed by atoms with Gasteiger partial charge in [-0.3, -0.25) is 9.59 Å². The van der Waals surface area contributed by atoms with Crippen molar-refractivity contribution in [3.63, 3.8) is 0 Å². The molecule has 0 aliphatic rings. The molecule has 0 aromatic rings. The molecular weight excluding hydrogens is 352 g/mol. The van der Waals surface area contributed by atoms with Gasteiger partial charge >= 0.3 is 5.97 Å². The van der Waals surface area contributed by atoms with E-state index in [1.165, 1.54) is 0 Å². The first-order chi connectivity index (χ1) is 11.4. The molecule has 3 unspecified atom stereocenters. The predicted molar refractivity (Wildman–Crippen MR) is 99.2 cm³/mol. The summed E-state index contributed by atoms with van der Waals surface area (Å²) in [5.74, 6) is -1.39. The Morgan fingerprint density at radius 1 is 1.12 bits per heavy atom. The van der Waals surface area contributed by atoms with Crippen LogP contribution in [0.25, 0.3) is 0 Å². The number of amides is 2. The highest BCUT2D eigenvalue weighted by atomic mass is 32.2. The van der Waals surface area contributed by atoms with Crippen molar-refractivity contribution in [2.24, 2.45) is 11.5 Å². The number of carbonyl (C=O) groups is 3. The Balaban J connectivity index is 4.59. The molecule has 8 nitrogen and oxygen atoms in total. The maximum atomic E-state index is 12.2. The first-order valence-electron chi connectivity index (χ1n) is 7.76. The molecule has 0 rings (SSSR count). The number of unbranched alkanes of at least 4 members (excludes halogenated alkanes) is 1. The second-order valence-electron chi connectivity index (χ2n) is 5.32. The van der Waals surface area contributed by atoms with Crippen molar-refractivity contribution in [2.75, 3.05) is 24.3 Å². The third-order valence-corrected chi connectivity index (χ3v) is 4.36. The topological polar surface area (TPSA) is 148 Å². The molecule has 0 aliphatic carbocycles. The zero-order valence-electron chi connectivity index (χ0n) is 13.9. The van der Waals surface area contributed by atoms with Crippen molar-refractivity contribution in [1.82, 2.24) is 10.6 Å². The first kappa shape index (κ1) is 23.0. The van der Waals surface area contributed by atoms with Gasteiger partial charge in [-0.05, 0) is 44.2 Å². The van der Waals surface area contributed by atoms with E-state index in [0.717, 1.165) is 5.75 Å². The SMILES string of the molecule is CSCCC(N)C(=O)NC(CS)C(=O)NC(CCCCN)C(=O)O. The van der Waals surface area contributed by atoms with Crippen LogP contribution in [-0.2, 0) is 14.4 Å². The number of nitrogens with two attached hydrogens (primary N) is 2. The smallest absolute Gasteiger partial charge is 0.326 e. The van der Waals surface area contributed by atoms with Gasteiger partial charge in [-0.15, -0.1) is 0 Å². The van der Waals surface area contributed by atoms with Crippen LogP contribution in [0.4, 0.5) is 0 Å². The molecule has 0 fully saturated rings. The van der Waals surface area contributed by atoms with Crippen molar-refractivity contribution in [2.45, 2.75) is 43.8 Å². The molecule has 2 amide bonds. The van der Waals surface area contributed by atoms with Crippen LogP contribution in [0, 0.1) is 0 Å². The third-order valence-electron chi connectivity index (χ3n) is 3.35. The maximum absolute atomic E-state index is 12.2. The minimum absolute atomic E-state index is 0.0436. The van der Waals surface area contributed by atoms with E-state index < -0.39 is 35.9 Å². The molecule has 0 heterocycles. The molecule has 0 saturated heterocycles. The fraction of sp³-hybridized carbons (Fsp3) is 0.786. The van der Waals surface area contributed by atoms with E-state index in [2.05, 4.69) is 23.3 Å². The lowest BCUT2D eigenvalue weighted by Gasteiger charge is -2.21. The molecule has 140 valence electrons. The van der Waals surface area contributed by atoms with Gasteiger partial charge in [0.2, 0.25) is 11.8 Å². The molecule has 0 radical (unpaired) electrons. The van der Waals surface area contributed by atoms with Crippen LogP contribution in [0.5, 0.6) is 0 Å².